The highest BCUT2D eigenvalue weighted by Crippen LogP contribution is 2.40. The van der Waals surface area contributed by atoms with Crippen LogP contribution in [0.5, 0.6) is 0 Å². The van der Waals surface area contributed by atoms with Crippen molar-refractivity contribution in [1.29, 1.82) is 0 Å². The van der Waals surface area contributed by atoms with Gasteiger partial charge in [-0.25, -0.2) is 9.78 Å². The van der Waals surface area contributed by atoms with E-state index >= 15 is 0 Å². The Hall–Kier alpha value is -3.52. The van der Waals surface area contributed by atoms with Crippen LogP contribution in [0.3, 0.4) is 0 Å². The van der Waals surface area contributed by atoms with E-state index < -0.39 is 5.60 Å². The first-order valence-corrected chi connectivity index (χ1v) is 13.1. The fraction of sp³-hybridized carbons (Fsp3) is 0.448. The minimum Gasteiger partial charge on any atom is -0.450 e. The number of rotatable bonds is 6. The van der Waals surface area contributed by atoms with Crippen LogP contribution in [0, 0.1) is 0 Å². The van der Waals surface area contributed by atoms with Crippen LogP contribution in [0.25, 0.3) is 22.3 Å². The summed E-state index contributed by atoms with van der Waals surface area (Å²) in [4.78, 5) is 45.6. The van der Waals surface area contributed by atoms with Crippen molar-refractivity contribution >= 4 is 22.8 Å². The zero-order valence-electron chi connectivity index (χ0n) is 21.8. The van der Waals surface area contributed by atoms with E-state index in [1.807, 2.05) is 38.1 Å². The van der Waals surface area contributed by atoms with E-state index in [4.69, 9.17) is 9.72 Å². The first kappa shape index (κ1) is 25.1. The van der Waals surface area contributed by atoms with Gasteiger partial charge in [0.05, 0.1) is 30.1 Å². The fourth-order valence-electron chi connectivity index (χ4n) is 5.78. The lowest BCUT2D eigenvalue weighted by atomic mass is 9.77. The molecule has 1 atom stereocenters. The van der Waals surface area contributed by atoms with Crippen molar-refractivity contribution in [1.82, 2.24) is 14.5 Å². The molecule has 1 aliphatic carbocycles. The Morgan fingerprint density at radius 1 is 1.19 bits per heavy atom. The molecule has 5 rings (SSSR count). The number of ether oxygens (including phenoxy) is 1. The molecule has 8 nitrogen and oxygen atoms in total. The molecule has 0 spiro atoms. The van der Waals surface area contributed by atoms with Gasteiger partial charge in [0.2, 0.25) is 0 Å². The van der Waals surface area contributed by atoms with E-state index in [-0.39, 0.29) is 36.3 Å². The number of aromatic nitrogens is 2. The Labute approximate surface area is 215 Å². The molecule has 1 N–H and O–H groups in total. The van der Waals surface area contributed by atoms with Crippen molar-refractivity contribution in [3.05, 3.63) is 62.9 Å². The number of fused-ring (bicyclic) bond motifs is 5. The van der Waals surface area contributed by atoms with E-state index in [0.717, 1.165) is 22.0 Å². The molecule has 0 fully saturated rings. The second kappa shape index (κ2) is 9.41. The van der Waals surface area contributed by atoms with Crippen molar-refractivity contribution in [2.75, 3.05) is 13.2 Å². The largest absolute Gasteiger partial charge is 0.450 e. The van der Waals surface area contributed by atoms with Gasteiger partial charge in [-0.15, -0.1) is 0 Å². The van der Waals surface area contributed by atoms with Crippen LogP contribution in [-0.2, 0) is 34.5 Å². The highest BCUT2D eigenvalue weighted by Gasteiger charge is 2.43. The maximum Gasteiger partial charge on any atom is 0.409 e. The predicted octanol–water partition coefficient (Wildman–Crippen LogP) is 3.95. The smallest absolute Gasteiger partial charge is 0.409 e. The molecule has 2 aliphatic rings. The van der Waals surface area contributed by atoms with Crippen molar-refractivity contribution in [2.24, 2.45) is 0 Å². The second-order valence-corrected chi connectivity index (χ2v) is 10.1. The lowest BCUT2D eigenvalue weighted by Gasteiger charge is -2.32. The molecule has 0 saturated heterocycles. The van der Waals surface area contributed by atoms with Crippen LogP contribution in [0.4, 0.5) is 4.79 Å². The Bertz CT molecular complexity index is 1470. The van der Waals surface area contributed by atoms with Crippen LogP contribution >= 0.6 is 0 Å². The number of para-hydroxylation sites is 1. The number of carbonyl (C=O) groups is 2. The number of ketones is 1. The lowest BCUT2D eigenvalue weighted by molar-refractivity contribution is -0.140. The Kier molecular flexibility index (Phi) is 6.40. The molecular formula is C29H33N3O5. The molecule has 194 valence electrons. The first-order chi connectivity index (χ1) is 17.7. The summed E-state index contributed by atoms with van der Waals surface area (Å²) in [5.74, 6) is -0.245. The average molecular weight is 504 g/mol. The van der Waals surface area contributed by atoms with E-state index in [0.29, 0.717) is 55.1 Å². The molecule has 1 amide bonds. The molecule has 3 aromatic rings. The molecule has 3 heterocycles. The summed E-state index contributed by atoms with van der Waals surface area (Å²) >= 11 is 0. The quantitative estimate of drug-likeness (QED) is 0.428. The third-order valence-electron chi connectivity index (χ3n) is 7.82. The molecule has 2 aromatic heterocycles. The predicted molar refractivity (Wildman–Crippen MR) is 141 cm³/mol. The van der Waals surface area contributed by atoms with Crippen LogP contribution in [0.1, 0.15) is 62.8 Å². The van der Waals surface area contributed by atoms with Crippen LogP contribution in [-0.4, -0.2) is 50.6 Å². The fourth-order valence-corrected chi connectivity index (χ4v) is 5.78. The number of carbonyl (C=O) groups excluding carboxylic acids is 2. The minimum atomic E-state index is -1.65. The number of pyridine rings is 2. The van der Waals surface area contributed by atoms with Gasteiger partial charge in [0.15, 0.2) is 5.78 Å². The van der Waals surface area contributed by atoms with E-state index in [1.165, 1.54) is 0 Å². The minimum absolute atomic E-state index is 0.0315. The first-order valence-electron chi connectivity index (χ1n) is 13.1. The molecule has 37 heavy (non-hydrogen) atoms. The third-order valence-corrected chi connectivity index (χ3v) is 7.82. The molecular weight excluding hydrogens is 470 g/mol. The van der Waals surface area contributed by atoms with E-state index in [2.05, 4.69) is 0 Å². The summed E-state index contributed by atoms with van der Waals surface area (Å²) in [5.41, 5.74) is 3.20. The monoisotopic (exact) mass is 503 g/mol. The molecule has 0 saturated carbocycles. The summed E-state index contributed by atoms with van der Waals surface area (Å²) < 4.78 is 6.99. The SMILES string of the molecule is CCOC(=O)N(CCc1c2c(nc3ccccc13)-c1cc3c(c(=O)n1C2)CCC(=O)[C@]3(O)CC)C(C)C. The average Bonchev–Trinajstić information content (AvgIpc) is 3.25. The standard InChI is InChI=1S/C29H33N3O5/c1-5-29(36)22-15-24-26-21(16-32(24)27(34)20(22)11-12-25(29)33)18(19-9-7-8-10-23(19)30-26)13-14-31(17(3)4)28(35)37-6-2/h7-10,15,17,36H,5-6,11-14,16H2,1-4H3/t29-/m0/s1. The number of amides is 1. The number of benzene rings is 1. The van der Waals surface area contributed by atoms with Gasteiger partial charge in [-0.1, -0.05) is 25.1 Å². The van der Waals surface area contributed by atoms with Crippen LogP contribution in [0.15, 0.2) is 35.1 Å². The number of hydrogen-bond donors (Lipinski definition) is 1. The summed E-state index contributed by atoms with van der Waals surface area (Å²) in [6, 6.07) is 9.62. The van der Waals surface area contributed by atoms with Gasteiger partial charge < -0.3 is 19.3 Å². The Balaban J connectivity index is 1.65. The molecule has 0 radical (unpaired) electrons. The Morgan fingerprint density at radius 3 is 2.65 bits per heavy atom. The number of nitrogens with zero attached hydrogens (tertiary/aromatic N) is 3. The summed E-state index contributed by atoms with van der Waals surface area (Å²) in [6.45, 7) is 8.61. The molecule has 0 unspecified atom stereocenters. The zero-order valence-corrected chi connectivity index (χ0v) is 21.8. The van der Waals surface area contributed by atoms with Crippen molar-refractivity contribution in [3.8, 4) is 11.4 Å². The number of Topliss-reactive ketones (excluding diaryl/α,β-unsaturated/α-hetero) is 1. The number of hydrogen-bond acceptors (Lipinski definition) is 6. The van der Waals surface area contributed by atoms with Gasteiger partial charge in [0.1, 0.15) is 5.60 Å². The normalized spacial score (nSPS) is 18.1. The van der Waals surface area contributed by atoms with Gasteiger partial charge >= 0.3 is 6.09 Å². The van der Waals surface area contributed by atoms with Crippen LogP contribution < -0.4 is 5.56 Å². The van der Waals surface area contributed by atoms with Gasteiger partial charge in [-0.05, 0) is 57.7 Å². The summed E-state index contributed by atoms with van der Waals surface area (Å²) in [7, 11) is 0. The van der Waals surface area contributed by atoms with Crippen molar-refractivity contribution in [3.63, 3.8) is 0 Å². The number of aliphatic hydroxyl groups is 1. The maximum atomic E-state index is 13.6. The summed E-state index contributed by atoms with van der Waals surface area (Å²) in [5, 5.41) is 12.2. The van der Waals surface area contributed by atoms with Crippen molar-refractivity contribution in [2.45, 2.75) is 71.6 Å². The Morgan fingerprint density at radius 2 is 1.95 bits per heavy atom. The van der Waals surface area contributed by atoms with Gasteiger partial charge in [0, 0.05) is 41.1 Å². The topological polar surface area (TPSA) is 102 Å². The molecule has 1 aliphatic heterocycles. The highest BCUT2D eigenvalue weighted by atomic mass is 16.6. The van der Waals surface area contributed by atoms with Crippen molar-refractivity contribution < 1.29 is 19.4 Å². The zero-order chi connectivity index (χ0) is 26.5. The van der Waals surface area contributed by atoms with Gasteiger partial charge in [-0.2, -0.15) is 0 Å². The van der Waals surface area contributed by atoms with Gasteiger partial charge in [-0.3, -0.25) is 9.59 Å². The second-order valence-electron chi connectivity index (χ2n) is 10.1. The van der Waals surface area contributed by atoms with Crippen LogP contribution in [0.2, 0.25) is 0 Å². The van der Waals surface area contributed by atoms with Gasteiger partial charge in [0.25, 0.3) is 5.56 Å². The van der Waals surface area contributed by atoms with E-state index in [1.54, 1.807) is 29.4 Å². The molecule has 1 aromatic carbocycles. The molecule has 0 bridgehead atoms. The summed E-state index contributed by atoms with van der Waals surface area (Å²) in [6.07, 6.45) is 0.928. The van der Waals surface area contributed by atoms with E-state index in [9.17, 15) is 19.5 Å². The third kappa shape index (κ3) is 3.94. The highest BCUT2D eigenvalue weighted by molar-refractivity contribution is 5.92. The lowest BCUT2D eigenvalue weighted by Crippen LogP contribution is -2.43. The maximum absolute atomic E-state index is 13.6. The molecule has 8 heteroatoms.